The second kappa shape index (κ2) is 8.87. The Kier molecular flexibility index (Phi) is 6.84. The van der Waals surface area contributed by atoms with Gasteiger partial charge in [0.15, 0.2) is 5.96 Å². The molecule has 0 spiro atoms. The lowest BCUT2D eigenvalue weighted by molar-refractivity contribution is -0.127. The molecule has 2 N–H and O–H groups in total. The van der Waals surface area contributed by atoms with Gasteiger partial charge in [0, 0.05) is 38.0 Å². The summed E-state index contributed by atoms with van der Waals surface area (Å²) in [6, 6.07) is 0. The van der Waals surface area contributed by atoms with Gasteiger partial charge in [-0.05, 0) is 19.8 Å². The SMILES string of the molecule is CCNC(=NCc1ncc(C(C)(C)C)o1)NCCCN1CCCC1=O. The van der Waals surface area contributed by atoms with Gasteiger partial charge in [0.25, 0.3) is 0 Å². The number of hydrogen-bond acceptors (Lipinski definition) is 4. The highest BCUT2D eigenvalue weighted by Gasteiger charge is 2.20. The minimum atomic E-state index is -0.0509. The number of amides is 1. The number of likely N-dealkylation sites (tertiary alicyclic amines) is 1. The Morgan fingerprint density at radius 3 is 2.80 bits per heavy atom. The number of guanidine groups is 1. The monoisotopic (exact) mass is 349 g/mol. The van der Waals surface area contributed by atoms with E-state index in [1.807, 2.05) is 11.8 Å². The molecule has 0 radical (unpaired) electrons. The Morgan fingerprint density at radius 1 is 1.40 bits per heavy atom. The summed E-state index contributed by atoms with van der Waals surface area (Å²) in [6.45, 7) is 12.0. The first kappa shape index (κ1) is 19.3. The Bertz CT molecular complexity index is 589. The molecule has 0 atom stereocenters. The summed E-state index contributed by atoms with van der Waals surface area (Å²) in [5.74, 6) is 2.50. The average molecular weight is 349 g/mol. The van der Waals surface area contributed by atoms with Crippen molar-refractivity contribution in [3.63, 3.8) is 0 Å². The van der Waals surface area contributed by atoms with Gasteiger partial charge in [0.05, 0.1) is 6.20 Å². The van der Waals surface area contributed by atoms with E-state index in [0.717, 1.165) is 50.7 Å². The number of oxazole rings is 1. The van der Waals surface area contributed by atoms with Crippen molar-refractivity contribution < 1.29 is 9.21 Å². The molecule has 1 amide bonds. The first-order valence-corrected chi connectivity index (χ1v) is 9.15. The molecule has 7 nitrogen and oxygen atoms in total. The number of nitrogens with one attached hydrogen (secondary N) is 2. The minimum Gasteiger partial charge on any atom is -0.443 e. The maximum absolute atomic E-state index is 11.6. The third kappa shape index (κ3) is 6.07. The summed E-state index contributed by atoms with van der Waals surface area (Å²) in [6.07, 6.45) is 4.37. The molecule has 7 heteroatoms. The molecule has 140 valence electrons. The highest BCUT2D eigenvalue weighted by Crippen LogP contribution is 2.22. The van der Waals surface area contributed by atoms with Crippen LogP contribution in [0.2, 0.25) is 0 Å². The van der Waals surface area contributed by atoms with Crippen LogP contribution in [0.4, 0.5) is 0 Å². The van der Waals surface area contributed by atoms with E-state index in [0.29, 0.717) is 18.9 Å². The number of aliphatic imine (C=N–C) groups is 1. The van der Waals surface area contributed by atoms with Gasteiger partial charge in [-0.15, -0.1) is 0 Å². The van der Waals surface area contributed by atoms with Crippen LogP contribution >= 0.6 is 0 Å². The quantitative estimate of drug-likeness (QED) is 0.447. The van der Waals surface area contributed by atoms with Crippen LogP contribution in [0.1, 0.15) is 58.6 Å². The van der Waals surface area contributed by atoms with Gasteiger partial charge in [-0.1, -0.05) is 20.8 Å². The van der Waals surface area contributed by atoms with Crippen LogP contribution in [0.5, 0.6) is 0 Å². The topological polar surface area (TPSA) is 82.8 Å². The molecular weight excluding hydrogens is 318 g/mol. The Hall–Kier alpha value is -2.05. The first-order chi connectivity index (χ1) is 11.9. The van der Waals surface area contributed by atoms with Crippen molar-refractivity contribution >= 4 is 11.9 Å². The van der Waals surface area contributed by atoms with Crippen LogP contribution in [0.3, 0.4) is 0 Å². The van der Waals surface area contributed by atoms with E-state index < -0.39 is 0 Å². The first-order valence-electron chi connectivity index (χ1n) is 9.15. The molecule has 2 rings (SSSR count). The van der Waals surface area contributed by atoms with Crippen molar-refractivity contribution in [1.82, 2.24) is 20.5 Å². The highest BCUT2D eigenvalue weighted by atomic mass is 16.4. The van der Waals surface area contributed by atoms with E-state index in [9.17, 15) is 4.79 Å². The average Bonchev–Trinajstić information content (AvgIpc) is 3.18. The maximum Gasteiger partial charge on any atom is 0.222 e. The lowest BCUT2D eigenvalue weighted by Crippen LogP contribution is -2.39. The smallest absolute Gasteiger partial charge is 0.222 e. The van der Waals surface area contributed by atoms with Crippen LogP contribution in [-0.2, 0) is 16.8 Å². The van der Waals surface area contributed by atoms with Crippen molar-refractivity contribution in [2.45, 2.75) is 58.9 Å². The van der Waals surface area contributed by atoms with Crippen LogP contribution < -0.4 is 10.6 Å². The summed E-state index contributed by atoms with van der Waals surface area (Å²) < 4.78 is 5.76. The molecule has 1 aromatic rings. The number of carbonyl (C=O) groups excluding carboxylic acids is 1. The van der Waals surface area contributed by atoms with Gasteiger partial charge in [-0.3, -0.25) is 4.79 Å². The van der Waals surface area contributed by atoms with Crippen molar-refractivity contribution in [1.29, 1.82) is 0 Å². The van der Waals surface area contributed by atoms with E-state index in [-0.39, 0.29) is 11.3 Å². The zero-order valence-corrected chi connectivity index (χ0v) is 15.9. The number of hydrogen-bond donors (Lipinski definition) is 2. The molecule has 1 fully saturated rings. The zero-order chi connectivity index (χ0) is 18.3. The molecule has 1 aliphatic rings. The van der Waals surface area contributed by atoms with E-state index in [2.05, 4.69) is 41.4 Å². The highest BCUT2D eigenvalue weighted by molar-refractivity contribution is 5.79. The van der Waals surface area contributed by atoms with E-state index in [1.54, 1.807) is 6.20 Å². The molecule has 1 aromatic heterocycles. The lowest BCUT2D eigenvalue weighted by Gasteiger charge is -2.16. The van der Waals surface area contributed by atoms with Crippen molar-refractivity contribution in [2.75, 3.05) is 26.2 Å². The van der Waals surface area contributed by atoms with E-state index >= 15 is 0 Å². The maximum atomic E-state index is 11.6. The van der Waals surface area contributed by atoms with Gasteiger partial charge in [0.2, 0.25) is 11.8 Å². The fourth-order valence-corrected chi connectivity index (χ4v) is 2.64. The minimum absolute atomic E-state index is 0.0509. The van der Waals surface area contributed by atoms with Crippen LogP contribution in [0.25, 0.3) is 0 Å². The molecule has 0 saturated carbocycles. The summed E-state index contributed by atoms with van der Waals surface area (Å²) in [5.41, 5.74) is -0.0509. The van der Waals surface area contributed by atoms with Gasteiger partial charge in [-0.2, -0.15) is 0 Å². The molecule has 0 aliphatic carbocycles. The fourth-order valence-electron chi connectivity index (χ4n) is 2.64. The zero-order valence-electron chi connectivity index (χ0n) is 15.9. The standard InChI is InChI=1S/C18H31N5O2/c1-5-19-17(20-9-7-11-23-10-6-8-16(23)24)22-13-15-21-12-14(25-15)18(2,3)4/h12H,5-11,13H2,1-4H3,(H2,19,20,22). The summed E-state index contributed by atoms with van der Waals surface area (Å²) in [7, 11) is 0. The second-order valence-electron chi connectivity index (χ2n) is 7.33. The normalized spacial score (nSPS) is 15.8. The second-order valence-corrected chi connectivity index (χ2v) is 7.33. The molecule has 2 heterocycles. The summed E-state index contributed by atoms with van der Waals surface area (Å²) in [5, 5.41) is 6.51. The number of aromatic nitrogens is 1. The number of nitrogens with zero attached hydrogens (tertiary/aromatic N) is 3. The fraction of sp³-hybridized carbons (Fsp3) is 0.722. The van der Waals surface area contributed by atoms with Gasteiger partial charge in [-0.25, -0.2) is 9.98 Å². The van der Waals surface area contributed by atoms with Crippen molar-refractivity contribution in [3.05, 3.63) is 17.8 Å². The van der Waals surface area contributed by atoms with Crippen molar-refractivity contribution in [2.24, 2.45) is 4.99 Å². The lowest BCUT2D eigenvalue weighted by atomic mass is 9.94. The van der Waals surface area contributed by atoms with Gasteiger partial charge < -0.3 is 20.0 Å². The third-order valence-electron chi connectivity index (χ3n) is 4.08. The largest absolute Gasteiger partial charge is 0.443 e. The Labute approximate surface area is 150 Å². The Balaban J connectivity index is 1.79. The summed E-state index contributed by atoms with van der Waals surface area (Å²) in [4.78, 5) is 22.3. The molecule has 0 aromatic carbocycles. The molecule has 0 bridgehead atoms. The van der Waals surface area contributed by atoms with Crippen LogP contribution in [-0.4, -0.2) is 47.9 Å². The number of rotatable bonds is 7. The predicted molar refractivity (Wildman–Crippen MR) is 98.5 cm³/mol. The number of carbonyl (C=O) groups is 1. The molecule has 0 unspecified atom stereocenters. The van der Waals surface area contributed by atoms with Crippen LogP contribution in [0.15, 0.2) is 15.6 Å². The summed E-state index contributed by atoms with van der Waals surface area (Å²) >= 11 is 0. The van der Waals surface area contributed by atoms with Crippen molar-refractivity contribution in [3.8, 4) is 0 Å². The van der Waals surface area contributed by atoms with Gasteiger partial charge >= 0.3 is 0 Å². The van der Waals surface area contributed by atoms with Gasteiger partial charge in [0.1, 0.15) is 12.3 Å². The molecule has 1 saturated heterocycles. The molecule has 1 aliphatic heterocycles. The predicted octanol–water partition coefficient (Wildman–Crippen LogP) is 2.04. The molecular formula is C18H31N5O2. The van der Waals surface area contributed by atoms with Crippen LogP contribution in [0, 0.1) is 0 Å². The third-order valence-corrected chi connectivity index (χ3v) is 4.08. The molecule has 25 heavy (non-hydrogen) atoms. The van der Waals surface area contributed by atoms with E-state index in [1.165, 1.54) is 0 Å². The van der Waals surface area contributed by atoms with E-state index in [4.69, 9.17) is 4.42 Å². The Morgan fingerprint density at radius 2 is 2.20 bits per heavy atom.